The fraction of sp³-hybridized carbons (Fsp3) is 0.250. The number of aromatic nitrogens is 3. The third-order valence-corrected chi connectivity index (χ3v) is 2.75. The number of rotatable bonds is 1. The second kappa shape index (κ2) is 3.27. The first kappa shape index (κ1) is 8.97. The van der Waals surface area contributed by atoms with Crippen LogP contribution in [0.2, 0.25) is 5.15 Å². The molecule has 2 rings (SSSR count). The van der Waals surface area contributed by atoms with Crippen LogP contribution in [0.15, 0.2) is 17.0 Å². The molecule has 0 fully saturated rings. The highest BCUT2D eigenvalue weighted by Gasteiger charge is 2.09. The van der Waals surface area contributed by atoms with Crippen molar-refractivity contribution >= 4 is 38.6 Å². The molecule has 0 aromatic carbocycles. The Bertz CT molecular complexity index is 452. The summed E-state index contributed by atoms with van der Waals surface area (Å²) < 4.78 is 2.84. The minimum absolute atomic E-state index is 0.498. The van der Waals surface area contributed by atoms with Crippen LogP contribution in [0, 0.1) is 0 Å². The van der Waals surface area contributed by atoms with Gasteiger partial charge in [0, 0.05) is 12.7 Å². The van der Waals surface area contributed by atoms with E-state index in [2.05, 4.69) is 25.9 Å². The van der Waals surface area contributed by atoms with Gasteiger partial charge in [-0.15, -0.1) is 0 Å². The van der Waals surface area contributed by atoms with Gasteiger partial charge in [-0.05, 0) is 22.9 Å². The van der Waals surface area contributed by atoms with E-state index < -0.39 is 0 Å². The van der Waals surface area contributed by atoms with Crippen LogP contribution in [-0.2, 0) is 6.54 Å². The molecule has 0 aliphatic heterocycles. The number of fused-ring (bicyclic) bond motifs is 1. The van der Waals surface area contributed by atoms with E-state index in [0.29, 0.717) is 5.15 Å². The lowest BCUT2D eigenvalue weighted by atomic mass is 10.4. The van der Waals surface area contributed by atoms with Crippen molar-refractivity contribution in [2.45, 2.75) is 13.5 Å². The molecule has 0 saturated carbocycles. The second-order valence-electron chi connectivity index (χ2n) is 2.62. The van der Waals surface area contributed by atoms with Crippen molar-refractivity contribution in [3.05, 3.63) is 22.1 Å². The van der Waals surface area contributed by atoms with Crippen molar-refractivity contribution in [1.29, 1.82) is 0 Å². The van der Waals surface area contributed by atoms with Crippen LogP contribution in [0.5, 0.6) is 0 Å². The summed E-state index contributed by atoms with van der Waals surface area (Å²) >= 11 is 9.34. The number of nitrogens with zero attached hydrogens (tertiary/aromatic N) is 3. The Morgan fingerprint density at radius 3 is 3.00 bits per heavy atom. The summed E-state index contributed by atoms with van der Waals surface area (Å²) in [6.07, 6.45) is 3.43. The van der Waals surface area contributed by atoms with E-state index in [0.717, 1.165) is 22.1 Å². The minimum atomic E-state index is 0.498. The van der Waals surface area contributed by atoms with Crippen molar-refractivity contribution in [1.82, 2.24) is 14.5 Å². The SMILES string of the molecule is CCn1cnc2c(Br)cnc(Cl)c21. The average molecular weight is 261 g/mol. The maximum absolute atomic E-state index is 5.96. The van der Waals surface area contributed by atoms with Gasteiger partial charge in [0.25, 0.3) is 0 Å². The quantitative estimate of drug-likeness (QED) is 0.738. The highest BCUT2D eigenvalue weighted by atomic mass is 79.9. The Hall–Kier alpha value is -0.610. The molecule has 0 aliphatic carbocycles. The number of imidazole rings is 1. The number of pyridine rings is 1. The minimum Gasteiger partial charge on any atom is -0.328 e. The Kier molecular flexibility index (Phi) is 2.26. The zero-order chi connectivity index (χ0) is 9.42. The molecule has 0 unspecified atom stereocenters. The zero-order valence-electron chi connectivity index (χ0n) is 6.96. The van der Waals surface area contributed by atoms with E-state index in [1.807, 2.05) is 11.5 Å². The van der Waals surface area contributed by atoms with Crippen LogP contribution in [0.4, 0.5) is 0 Å². The van der Waals surface area contributed by atoms with Crippen LogP contribution in [0.3, 0.4) is 0 Å². The predicted molar refractivity (Wildman–Crippen MR) is 55.9 cm³/mol. The normalized spacial score (nSPS) is 11.0. The highest BCUT2D eigenvalue weighted by Crippen LogP contribution is 2.26. The number of aryl methyl sites for hydroxylation is 1. The van der Waals surface area contributed by atoms with Crippen molar-refractivity contribution in [2.75, 3.05) is 0 Å². The van der Waals surface area contributed by atoms with Crippen molar-refractivity contribution in [2.24, 2.45) is 0 Å². The summed E-state index contributed by atoms with van der Waals surface area (Å²) in [5, 5.41) is 0.498. The Morgan fingerprint density at radius 2 is 2.31 bits per heavy atom. The molecule has 0 amide bonds. The molecule has 2 aromatic heterocycles. The maximum Gasteiger partial charge on any atom is 0.154 e. The molecule has 0 bridgehead atoms. The van der Waals surface area contributed by atoms with Crippen molar-refractivity contribution in [3.63, 3.8) is 0 Å². The van der Waals surface area contributed by atoms with Gasteiger partial charge in [0.2, 0.25) is 0 Å². The summed E-state index contributed by atoms with van der Waals surface area (Å²) in [4.78, 5) is 8.29. The summed E-state index contributed by atoms with van der Waals surface area (Å²) in [7, 11) is 0. The molecule has 0 aliphatic rings. The largest absolute Gasteiger partial charge is 0.328 e. The molecular weight excluding hydrogens is 253 g/mol. The fourth-order valence-electron chi connectivity index (χ4n) is 1.25. The van der Waals surface area contributed by atoms with Gasteiger partial charge >= 0.3 is 0 Å². The molecule has 2 aromatic rings. The van der Waals surface area contributed by atoms with Gasteiger partial charge in [-0.2, -0.15) is 0 Å². The number of hydrogen-bond acceptors (Lipinski definition) is 2. The van der Waals surface area contributed by atoms with E-state index in [4.69, 9.17) is 11.6 Å². The molecule has 0 saturated heterocycles. The van der Waals surface area contributed by atoms with Crippen molar-refractivity contribution in [3.8, 4) is 0 Å². The number of halogens is 2. The fourth-order valence-corrected chi connectivity index (χ4v) is 1.89. The molecule has 0 atom stereocenters. The lowest BCUT2D eigenvalue weighted by molar-refractivity contribution is 0.786. The molecule has 5 heteroatoms. The van der Waals surface area contributed by atoms with Crippen LogP contribution in [0.1, 0.15) is 6.92 Å². The molecule has 13 heavy (non-hydrogen) atoms. The van der Waals surface area contributed by atoms with E-state index in [1.54, 1.807) is 12.5 Å². The first-order valence-corrected chi connectivity index (χ1v) is 5.06. The van der Waals surface area contributed by atoms with Crippen LogP contribution in [0.25, 0.3) is 11.0 Å². The molecule has 2 heterocycles. The highest BCUT2D eigenvalue weighted by molar-refractivity contribution is 9.10. The van der Waals surface area contributed by atoms with Gasteiger partial charge in [-0.25, -0.2) is 9.97 Å². The Balaban J connectivity index is 2.87. The molecule has 3 nitrogen and oxygen atoms in total. The van der Waals surface area contributed by atoms with Gasteiger partial charge in [0.05, 0.1) is 10.8 Å². The first-order chi connectivity index (χ1) is 6.24. The van der Waals surface area contributed by atoms with Crippen LogP contribution < -0.4 is 0 Å². The van der Waals surface area contributed by atoms with Crippen molar-refractivity contribution < 1.29 is 0 Å². The summed E-state index contributed by atoms with van der Waals surface area (Å²) in [6.45, 7) is 2.88. The van der Waals surface area contributed by atoms with E-state index in [-0.39, 0.29) is 0 Å². The first-order valence-electron chi connectivity index (χ1n) is 3.89. The molecule has 0 spiro atoms. The molecule has 68 valence electrons. The smallest absolute Gasteiger partial charge is 0.154 e. The maximum atomic E-state index is 5.96. The average Bonchev–Trinajstić information content (AvgIpc) is 2.56. The van der Waals surface area contributed by atoms with Crippen LogP contribution >= 0.6 is 27.5 Å². The lowest BCUT2D eigenvalue weighted by Gasteiger charge is -2.00. The topological polar surface area (TPSA) is 30.7 Å². The van der Waals surface area contributed by atoms with E-state index in [9.17, 15) is 0 Å². The lowest BCUT2D eigenvalue weighted by Crippen LogP contribution is -1.92. The predicted octanol–water partition coefficient (Wildman–Crippen LogP) is 2.87. The number of hydrogen-bond donors (Lipinski definition) is 0. The van der Waals surface area contributed by atoms with Gasteiger partial charge in [0.15, 0.2) is 5.15 Å². The van der Waals surface area contributed by atoms with E-state index >= 15 is 0 Å². The van der Waals surface area contributed by atoms with E-state index in [1.165, 1.54) is 0 Å². The molecule has 0 N–H and O–H groups in total. The monoisotopic (exact) mass is 259 g/mol. The standard InChI is InChI=1S/C8H7BrClN3/c1-2-13-4-12-6-5(9)3-11-8(10)7(6)13/h3-4H,2H2,1H3. The van der Waals surface area contributed by atoms with Gasteiger partial charge < -0.3 is 4.57 Å². The Morgan fingerprint density at radius 1 is 1.54 bits per heavy atom. The third-order valence-electron chi connectivity index (χ3n) is 1.89. The summed E-state index contributed by atoms with van der Waals surface area (Å²) in [6, 6.07) is 0. The summed E-state index contributed by atoms with van der Waals surface area (Å²) in [5.41, 5.74) is 1.75. The summed E-state index contributed by atoms with van der Waals surface area (Å²) in [5.74, 6) is 0. The van der Waals surface area contributed by atoms with Gasteiger partial charge in [-0.1, -0.05) is 11.6 Å². The van der Waals surface area contributed by atoms with Crippen LogP contribution in [-0.4, -0.2) is 14.5 Å². The Labute approximate surface area is 88.9 Å². The van der Waals surface area contributed by atoms with Gasteiger partial charge in [-0.3, -0.25) is 0 Å². The van der Waals surface area contributed by atoms with Gasteiger partial charge in [0.1, 0.15) is 11.0 Å². The molecular formula is C8H7BrClN3. The zero-order valence-corrected chi connectivity index (χ0v) is 9.30. The second-order valence-corrected chi connectivity index (χ2v) is 3.84. The molecule has 0 radical (unpaired) electrons. The third kappa shape index (κ3) is 1.34.